The predicted molar refractivity (Wildman–Crippen MR) is 341 cm³/mol. The van der Waals surface area contributed by atoms with Crippen LogP contribution in [0, 0.1) is 0 Å². The molecule has 0 bridgehead atoms. The minimum atomic E-state index is -2.42. The van der Waals surface area contributed by atoms with Crippen LogP contribution in [0.2, 0.25) is 0 Å². The summed E-state index contributed by atoms with van der Waals surface area (Å²) in [6, 6.07) is 0. The molecule has 0 amide bonds. The van der Waals surface area contributed by atoms with Crippen LogP contribution in [0.4, 0.5) is 0 Å². The van der Waals surface area contributed by atoms with E-state index in [2.05, 4.69) is 41.0 Å². The second kappa shape index (κ2) is 57.9. The van der Waals surface area contributed by atoms with E-state index in [4.69, 9.17) is 11.2 Å². The van der Waals surface area contributed by atoms with Crippen LogP contribution in [0.25, 0.3) is 0 Å². The van der Waals surface area contributed by atoms with Crippen molar-refractivity contribution < 1.29 is 0 Å². The van der Waals surface area contributed by atoms with Gasteiger partial charge in [0.25, 0.3) is 0 Å². The zero-order valence-electron chi connectivity index (χ0n) is 51.8. The van der Waals surface area contributed by atoms with Gasteiger partial charge in [-0.15, -0.1) is 0 Å². The fourth-order valence-electron chi connectivity index (χ4n) is 12.8. The molecule has 0 aliphatic carbocycles. The standard InChI is InChI=1S/C70H144ClP/c1-7-11-15-19-23-27-31-35-37-39-43-47-51-55-59-63-67-69(65-61-57-53-49-45-41-33-29-25-21-17-13-9-3)72(5,6,71)70(66-62-58-54-50-46-42-34-30-26-22-18-14-10-4)68-64-60-56-52-48-44-40-38-36-32-28-24-20-16-12-8-2/h69-70H,7-68H2,1-6H3. The number of halogens is 1. The summed E-state index contributed by atoms with van der Waals surface area (Å²) < 4.78 is 0. The summed E-state index contributed by atoms with van der Waals surface area (Å²) in [5, 5.41) is 0. The van der Waals surface area contributed by atoms with Crippen molar-refractivity contribution in [1.82, 2.24) is 0 Å². The molecular formula is C70H144ClP. The van der Waals surface area contributed by atoms with Crippen LogP contribution in [0.3, 0.4) is 0 Å². The monoisotopic (exact) mass is 1050 g/mol. The van der Waals surface area contributed by atoms with Gasteiger partial charge in [0, 0.05) is 0 Å². The van der Waals surface area contributed by atoms with Crippen molar-refractivity contribution in [2.45, 2.75) is 437 Å². The Morgan fingerprint density at radius 3 is 0.389 bits per heavy atom. The molecule has 0 radical (unpaired) electrons. The summed E-state index contributed by atoms with van der Waals surface area (Å²) in [7, 11) is 0. The fraction of sp³-hybridized carbons (Fsp3) is 1.00. The van der Waals surface area contributed by atoms with Gasteiger partial charge in [-0.1, -0.05) is 143 Å². The summed E-state index contributed by atoms with van der Waals surface area (Å²) in [6.45, 7) is 14.7. The van der Waals surface area contributed by atoms with E-state index >= 15 is 0 Å². The smallest absolute Gasteiger partial charge is 0.0654 e. The van der Waals surface area contributed by atoms with Crippen LogP contribution >= 0.6 is 17.2 Å². The molecule has 0 aromatic heterocycles. The Bertz CT molecular complexity index is 907. The van der Waals surface area contributed by atoms with Crippen LogP contribution in [0.5, 0.6) is 0 Å². The Morgan fingerprint density at radius 1 is 0.181 bits per heavy atom. The van der Waals surface area contributed by atoms with Gasteiger partial charge < -0.3 is 0 Å². The maximum absolute atomic E-state index is 8.50. The molecule has 0 aliphatic rings. The number of hydrogen-bond donors (Lipinski definition) is 0. The molecule has 0 fully saturated rings. The van der Waals surface area contributed by atoms with Crippen molar-refractivity contribution in [3.05, 3.63) is 0 Å². The van der Waals surface area contributed by atoms with Crippen molar-refractivity contribution in [2.24, 2.45) is 0 Å². The molecule has 0 N–H and O–H groups in total. The van der Waals surface area contributed by atoms with Crippen LogP contribution in [-0.2, 0) is 0 Å². The Labute approximate surface area is 465 Å². The van der Waals surface area contributed by atoms with Crippen molar-refractivity contribution in [1.29, 1.82) is 0 Å². The summed E-state index contributed by atoms with van der Waals surface area (Å²) in [6.07, 6.45) is 90.1. The number of hydrogen-bond acceptors (Lipinski definition) is 0. The molecule has 0 aromatic carbocycles. The van der Waals surface area contributed by atoms with Gasteiger partial charge in [-0.25, -0.2) is 0 Å². The first-order valence-electron chi connectivity index (χ1n) is 35.0. The first kappa shape index (κ1) is 72.7. The van der Waals surface area contributed by atoms with E-state index < -0.39 is 5.96 Å². The molecule has 72 heavy (non-hydrogen) atoms. The minimum Gasteiger partial charge on any atom is -0.0654 e. The molecule has 0 aliphatic heterocycles. The minimum absolute atomic E-state index is 0.769. The zero-order chi connectivity index (χ0) is 52.4. The maximum atomic E-state index is 8.50. The van der Waals surface area contributed by atoms with E-state index in [-0.39, 0.29) is 0 Å². The van der Waals surface area contributed by atoms with Gasteiger partial charge in [-0.2, -0.15) is 0 Å². The second-order valence-electron chi connectivity index (χ2n) is 25.7. The molecule has 2 unspecified atom stereocenters. The molecule has 0 saturated heterocycles. The van der Waals surface area contributed by atoms with Crippen molar-refractivity contribution >= 4 is 17.2 Å². The van der Waals surface area contributed by atoms with Gasteiger partial charge in [0.1, 0.15) is 0 Å². The first-order chi connectivity index (χ1) is 35.3. The van der Waals surface area contributed by atoms with Gasteiger partial charge >= 0.3 is 324 Å². The normalized spacial score (nSPS) is 13.5. The van der Waals surface area contributed by atoms with Crippen LogP contribution in [0.15, 0.2) is 0 Å². The summed E-state index contributed by atoms with van der Waals surface area (Å²) in [5.74, 6) is -2.42. The Kier molecular flexibility index (Phi) is 58.5. The zero-order valence-corrected chi connectivity index (χ0v) is 53.5. The average Bonchev–Trinajstić information content (AvgIpc) is 3.37. The summed E-state index contributed by atoms with van der Waals surface area (Å²) in [4.78, 5) is 0. The molecule has 2 atom stereocenters. The molecule has 0 nitrogen and oxygen atoms in total. The molecule has 0 rings (SSSR count). The third-order valence-electron chi connectivity index (χ3n) is 18.2. The van der Waals surface area contributed by atoms with Crippen LogP contribution in [-0.4, -0.2) is 24.6 Å². The van der Waals surface area contributed by atoms with Gasteiger partial charge in [-0.05, 0) is 0 Å². The average molecular weight is 1050 g/mol. The van der Waals surface area contributed by atoms with Gasteiger partial charge in [0.15, 0.2) is 0 Å². The Balaban J connectivity index is 5.23. The van der Waals surface area contributed by atoms with Gasteiger partial charge in [0.05, 0.1) is 0 Å². The van der Waals surface area contributed by atoms with E-state index in [0.29, 0.717) is 0 Å². The predicted octanol–water partition coefficient (Wildman–Crippen LogP) is 28.0. The van der Waals surface area contributed by atoms with E-state index in [1.165, 1.54) is 398 Å². The first-order valence-corrected chi connectivity index (χ1v) is 39.2. The molecule has 436 valence electrons. The van der Waals surface area contributed by atoms with E-state index in [0.717, 1.165) is 11.3 Å². The molecule has 0 aromatic rings. The fourth-order valence-corrected chi connectivity index (χ4v) is 18.3. The third kappa shape index (κ3) is 50.2. The van der Waals surface area contributed by atoms with E-state index in [1.54, 1.807) is 0 Å². The summed E-state index contributed by atoms with van der Waals surface area (Å²) >= 11 is 8.50. The summed E-state index contributed by atoms with van der Waals surface area (Å²) in [5.41, 5.74) is 1.54. The topological polar surface area (TPSA) is 0 Å². The molecule has 0 spiro atoms. The van der Waals surface area contributed by atoms with Gasteiger partial charge in [-0.3, -0.25) is 0 Å². The van der Waals surface area contributed by atoms with Crippen molar-refractivity contribution in [3.63, 3.8) is 0 Å². The number of rotatable bonds is 64. The van der Waals surface area contributed by atoms with E-state index in [9.17, 15) is 0 Å². The van der Waals surface area contributed by atoms with Crippen LogP contribution in [0.1, 0.15) is 426 Å². The molecule has 0 heterocycles. The number of unbranched alkanes of at least 4 members (excludes halogenated alkanes) is 54. The molecule has 0 saturated carbocycles. The molecule has 2 heteroatoms. The van der Waals surface area contributed by atoms with Crippen molar-refractivity contribution in [2.75, 3.05) is 13.3 Å². The Morgan fingerprint density at radius 2 is 0.278 bits per heavy atom. The Hall–Kier alpha value is 0.720. The second-order valence-corrected chi connectivity index (χ2v) is 34.7. The van der Waals surface area contributed by atoms with E-state index in [1.807, 2.05) is 0 Å². The van der Waals surface area contributed by atoms with Crippen molar-refractivity contribution in [3.8, 4) is 0 Å². The molecular weight excluding hydrogens is 907 g/mol. The SMILES string of the molecule is CCCCCCCCCCCCCCCCCCC(CCCCCCCCCCCCCCC)P(C)(C)(Cl)C(CCCCCCCCCCCCCCC)CCCCCCCCCCCCCCCCCC. The van der Waals surface area contributed by atoms with Gasteiger partial charge in [0.2, 0.25) is 0 Å². The third-order valence-corrected chi connectivity index (χ3v) is 25.2. The van der Waals surface area contributed by atoms with Crippen LogP contribution < -0.4 is 0 Å². The quantitative estimate of drug-likeness (QED) is 0.0421.